The van der Waals surface area contributed by atoms with Crippen molar-refractivity contribution in [1.29, 1.82) is 0 Å². The van der Waals surface area contributed by atoms with Gasteiger partial charge in [0.05, 0.1) is 12.3 Å². The zero-order valence-electron chi connectivity index (χ0n) is 19.9. The molecule has 6 nitrogen and oxygen atoms in total. The molecule has 3 aromatic heterocycles. The van der Waals surface area contributed by atoms with Crippen molar-refractivity contribution in [2.24, 2.45) is 0 Å². The minimum atomic E-state index is -4.52. The minimum Gasteiger partial charge on any atom is -0.493 e. The lowest BCUT2D eigenvalue weighted by atomic mass is 9.92. The number of halogens is 4. The quantitative estimate of drug-likeness (QED) is 0.273. The van der Waals surface area contributed by atoms with E-state index in [0.29, 0.717) is 58.3 Å². The molecule has 0 aliphatic carbocycles. The molecule has 0 saturated heterocycles. The van der Waals surface area contributed by atoms with Gasteiger partial charge in [-0.25, -0.2) is 9.97 Å². The van der Waals surface area contributed by atoms with Crippen molar-refractivity contribution in [2.45, 2.75) is 46.2 Å². The van der Waals surface area contributed by atoms with Gasteiger partial charge >= 0.3 is 6.18 Å². The molecule has 1 unspecified atom stereocenters. The van der Waals surface area contributed by atoms with E-state index in [4.69, 9.17) is 27.1 Å². The summed E-state index contributed by atoms with van der Waals surface area (Å²) in [6.45, 7) is 11.6. The first kappa shape index (κ1) is 26.3. The third kappa shape index (κ3) is 5.51. The van der Waals surface area contributed by atoms with Crippen molar-refractivity contribution in [3.8, 4) is 0 Å². The first-order valence-corrected chi connectivity index (χ1v) is 11.4. The number of alkyl halides is 3. The number of fused-ring (bicyclic) bond motifs is 1. The van der Waals surface area contributed by atoms with Gasteiger partial charge < -0.3 is 10.5 Å². The molecule has 0 amide bonds. The van der Waals surface area contributed by atoms with E-state index in [0.717, 1.165) is 6.07 Å². The second-order valence-electron chi connectivity index (χ2n) is 7.88. The summed E-state index contributed by atoms with van der Waals surface area (Å²) in [5.74, 6) is 1.17. The zero-order chi connectivity index (χ0) is 25.9. The smallest absolute Gasteiger partial charge is 0.433 e. The van der Waals surface area contributed by atoms with Crippen molar-refractivity contribution in [2.75, 3.05) is 12.3 Å². The Hall–Kier alpha value is -3.33. The number of aryl methyl sites for hydroxylation is 1. The van der Waals surface area contributed by atoms with Gasteiger partial charge in [0.25, 0.3) is 0 Å². The Morgan fingerprint density at radius 3 is 2.54 bits per heavy atom. The molecule has 3 aromatic rings. The van der Waals surface area contributed by atoms with Gasteiger partial charge in [-0.05, 0) is 38.0 Å². The summed E-state index contributed by atoms with van der Waals surface area (Å²) in [6, 6.07) is 2.36. The van der Waals surface area contributed by atoms with Crippen LogP contribution in [0.5, 0.6) is 0 Å². The Kier molecular flexibility index (Phi) is 7.90. The van der Waals surface area contributed by atoms with Crippen molar-refractivity contribution in [3.63, 3.8) is 0 Å². The van der Waals surface area contributed by atoms with Gasteiger partial charge in [0.2, 0.25) is 0 Å². The highest BCUT2D eigenvalue weighted by Crippen LogP contribution is 2.38. The van der Waals surface area contributed by atoms with Gasteiger partial charge in [-0.15, -0.1) is 0 Å². The van der Waals surface area contributed by atoms with Crippen molar-refractivity contribution in [3.05, 3.63) is 82.5 Å². The number of aromatic nitrogens is 4. The van der Waals surface area contributed by atoms with Gasteiger partial charge in [0.15, 0.2) is 0 Å². The molecule has 0 aromatic carbocycles. The number of pyridine rings is 1. The predicted molar refractivity (Wildman–Crippen MR) is 132 cm³/mol. The lowest BCUT2D eigenvalue weighted by Gasteiger charge is -2.22. The first-order valence-electron chi connectivity index (χ1n) is 11.0. The van der Waals surface area contributed by atoms with Crippen LogP contribution >= 0.6 is 11.6 Å². The Bertz CT molecular complexity index is 1290. The third-order valence-corrected chi connectivity index (χ3v) is 5.64. The second-order valence-corrected chi connectivity index (χ2v) is 8.36. The van der Waals surface area contributed by atoms with Crippen LogP contribution in [0.15, 0.2) is 59.7 Å². The highest BCUT2D eigenvalue weighted by atomic mass is 35.5. The minimum absolute atomic E-state index is 0.267. The average Bonchev–Trinajstić information content (AvgIpc) is 3.14. The largest absolute Gasteiger partial charge is 0.493 e. The maximum atomic E-state index is 13.0. The summed E-state index contributed by atoms with van der Waals surface area (Å²) in [7, 11) is 0. The maximum Gasteiger partial charge on any atom is 0.433 e. The van der Waals surface area contributed by atoms with Crippen LogP contribution in [-0.2, 0) is 10.9 Å². The van der Waals surface area contributed by atoms with Crippen LogP contribution < -0.4 is 5.73 Å². The molecule has 186 valence electrons. The molecule has 0 aliphatic rings. The monoisotopic (exact) mass is 505 g/mol. The molecule has 35 heavy (non-hydrogen) atoms. The SMILES string of the molecule is C=C(Cl)/C=C(\C(OCC)=C(/CC)c1ccc(C(F)(F)F)nc1)C(C)c1nc(C)c2c(N)nccn12. The number of nitrogen functional groups attached to an aromatic ring is 1. The van der Waals surface area contributed by atoms with Gasteiger partial charge in [0, 0.05) is 40.7 Å². The summed E-state index contributed by atoms with van der Waals surface area (Å²) in [4.78, 5) is 12.5. The second kappa shape index (κ2) is 10.5. The Balaban J connectivity index is 2.23. The summed E-state index contributed by atoms with van der Waals surface area (Å²) >= 11 is 6.22. The number of nitrogens with zero attached hydrogens (tertiary/aromatic N) is 4. The summed E-state index contributed by atoms with van der Waals surface area (Å²) in [6.07, 6.45) is 2.21. The number of hydrogen-bond donors (Lipinski definition) is 1. The molecule has 0 radical (unpaired) electrons. The van der Waals surface area contributed by atoms with E-state index in [2.05, 4.69) is 16.5 Å². The molecular formula is C25H27ClF3N5O. The van der Waals surface area contributed by atoms with Crippen LogP contribution in [0.1, 0.15) is 55.9 Å². The summed E-state index contributed by atoms with van der Waals surface area (Å²) < 4.78 is 47.1. The van der Waals surface area contributed by atoms with Gasteiger partial charge in [-0.3, -0.25) is 9.38 Å². The van der Waals surface area contributed by atoms with Crippen LogP contribution in [0.2, 0.25) is 0 Å². The van der Waals surface area contributed by atoms with E-state index >= 15 is 0 Å². The van der Waals surface area contributed by atoms with Crippen LogP contribution in [0.4, 0.5) is 19.0 Å². The number of ether oxygens (including phenoxy) is 1. The van der Waals surface area contributed by atoms with Crippen molar-refractivity contribution >= 4 is 28.5 Å². The molecule has 0 spiro atoms. The Morgan fingerprint density at radius 2 is 2.00 bits per heavy atom. The topological polar surface area (TPSA) is 78.3 Å². The van der Waals surface area contributed by atoms with E-state index in [1.807, 2.05) is 32.1 Å². The highest BCUT2D eigenvalue weighted by Gasteiger charge is 2.32. The molecule has 0 fully saturated rings. The van der Waals surface area contributed by atoms with Crippen LogP contribution in [0.25, 0.3) is 11.1 Å². The molecule has 0 aliphatic heterocycles. The first-order chi connectivity index (χ1) is 16.5. The Morgan fingerprint density at radius 1 is 1.29 bits per heavy atom. The molecular weight excluding hydrogens is 479 g/mol. The zero-order valence-corrected chi connectivity index (χ0v) is 20.7. The van der Waals surface area contributed by atoms with E-state index in [-0.39, 0.29) is 11.0 Å². The standard InChI is InChI=1S/C25H27ClF3N5O/c1-6-18(17-8-9-20(32-13-17)25(27,28)29)22(35-7-2)19(12-14(3)26)15(4)24-33-16(5)21-23(30)31-10-11-34(21)24/h8-13,15H,3,6-7H2,1-2,4-5H3,(H2,30,31)/b19-12-,22-18-. The molecule has 3 heterocycles. The lowest BCUT2D eigenvalue weighted by molar-refractivity contribution is -0.141. The number of allylic oxidation sites excluding steroid dienone is 4. The average molecular weight is 506 g/mol. The lowest BCUT2D eigenvalue weighted by Crippen LogP contribution is -2.11. The number of anilines is 1. The normalized spacial score (nSPS) is 14.1. The van der Waals surface area contributed by atoms with E-state index in [1.54, 1.807) is 18.5 Å². The highest BCUT2D eigenvalue weighted by molar-refractivity contribution is 6.30. The fourth-order valence-electron chi connectivity index (χ4n) is 3.99. The Labute approximate surface area is 207 Å². The van der Waals surface area contributed by atoms with Crippen molar-refractivity contribution in [1.82, 2.24) is 19.4 Å². The third-order valence-electron chi connectivity index (χ3n) is 5.53. The maximum absolute atomic E-state index is 13.0. The van der Waals surface area contributed by atoms with Crippen LogP contribution in [-0.4, -0.2) is 26.0 Å². The molecule has 10 heteroatoms. The number of imidazole rings is 1. The summed E-state index contributed by atoms with van der Waals surface area (Å²) in [5, 5.41) is 0.267. The van der Waals surface area contributed by atoms with E-state index in [1.165, 1.54) is 12.3 Å². The molecule has 1 atom stereocenters. The number of nitrogens with two attached hydrogens (primary N) is 1. The fraction of sp³-hybridized carbons (Fsp3) is 0.320. The number of rotatable bonds is 8. The fourth-order valence-corrected chi connectivity index (χ4v) is 4.11. The van der Waals surface area contributed by atoms with Gasteiger partial charge in [-0.2, -0.15) is 13.2 Å². The molecule has 2 N–H and O–H groups in total. The summed E-state index contributed by atoms with van der Waals surface area (Å²) in [5.41, 5.74) is 8.40. The van der Waals surface area contributed by atoms with E-state index < -0.39 is 11.9 Å². The molecule has 0 saturated carbocycles. The predicted octanol–water partition coefficient (Wildman–Crippen LogP) is 6.67. The molecule has 0 bridgehead atoms. The van der Waals surface area contributed by atoms with Crippen molar-refractivity contribution < 1.29 is 17.9 Å². The molecule has 3 rings (SSSR count). The van der Waals surface area contributed by atoms with Crippen LogP contribution in [0.3, 0.4) is 0 Å². The van der Waals surface area contributed by atoms with Gasteiger partial charge in [0.1, 0.15) is 28.6 Å². The number of hydrogen-bond acceptors (Lipinski definition) is 5. The van der Waals surface area contributed by atoms with Crippen LogP contribution in [0, 0.1) is 6.92 Å². The van der Waals surface area contributed by atoms with Gasteiger partial charge in [-0.1, -0.05) is 38.1 Å². The van der Waals surface area contributed by atoms with E-state index in [9.17, 15) is 13.2 Å².